The lowest BCUT2D eigenvalue weighted by molar-refractivity contribution is 0.0971. The van der Waals surface area contributed by atoms with E-state index < -0.39 is 6.04 Å². The Morgan fingerprint density at radius 2 is 1.77 bits per heavy atom. The smallest absolute Gasteiger partial charge is 0.295 e. The van der Waals surface area contributed by atoms with Crippen molar-refractivity contribution in [3.05, 3.63) is 104 Å². The largest absolute Gasteiger partial charge is 0.494 e. The van der Waals surface area contributed by atoms with E-state index in [9.17, 15) is 9.59 Å². The predicted molar refractivity (Wildman–Crippen MR) is 123 cm³/mol. The first-order valence-electron chi connectivity index (χ1n) is 9.96. The van der Waals surface area contributed by atoms with Crippen LogP contribution < -0.4 is 15.1 Å². The van der Waals surface area contributed by atoms with Crippen molar-refractivity contribution in [3.8, 4) is 5.75 Å². The molecule has 0 bridgehead atoms. The van der Waals surface area contributed by atoms with Crippen molar-refractivity contribution in [1.82, 2.24) is 0 Å². The molecule has 0 fully saturated rings. The van der Waals surface area contributed by atoms with E-state index in [2.05, 4.69) is 15.9 Å². The minimum absolute atomic E-state index is 0.0857. The van der Waals surface area contributed by atoms with Crippen LogP contribution in [-0.4, -0.2) is 12.5 Å². The van der Waals surface area contributed by atoms with Crippen molar-refractivity contribution >= 4 is 38.5 Å². The average molecular weight is 476 g/mol. The first-order valence-corrected chi connectivity index (χ1v) is 10.8. The summed E-state index contributed by atoms with van der Waals surface area (Å²) in [5, 5.41) is 0.459. The summed E-state index contributed by atoms with van der Waals surface area (Å²) in [5.74, 6) is 0.479. The zero-order chi connectivity index (χ0) is 21.5. The van der Waals surface area contributed by atoms with E-state index in [1.165, 1.54) is 0 Å². The van der Waals surface area contributed by atoms with E-state index in [4.69, 9.17) is 9.15 Å². The fourth-order valence-electron chi connectivity index (χ4n) is 4.04. The molecule has 4 aromatic rings. The molecule has 0 spiro atoms. The Morgan fingerprint density at radius 3 is 2.52 bits per heavy atom. The molecular formula is C25H18BrNO4. The number of halogens is 1. The molecule has 2 heterocycles. The van der Waals surface area contributed by atoms with Gasteiger partial charge in [-0.25, -0.2) is 0 Å². The summed E-state index contributed by atoms with van der Waals surface area (Å²) < 4.78 is 12.4. The molecule has 154 valence electrons. The monoisotopic (exact) mass is 475 g/mol. The van der Waals surface area contributed by atoms with Gasteiger partial charge in [-0.1, -0.05) is 46.3 Å². The first kappa shape index (κ1) is 19.6. The molecule has 3 aromatic carbocycles. The Hall–Kier alpha value is -3.38. The number of carbonyl (C=O) groups is 1. The van der Waals surface area contributed by atoms with Gasteiger partial charge >= 0.3 is 0 Å². The summed E-state index contributed by atoms with van der Waals surface area (Å²) in [6.45, 7) is 2.48. The van der Waals surface area contributed by atoms with Gasteiger partial charge in [0.15, 0.2) is 5.43 Å². The van der Waals surface area contributed by atoms with Gasteiger partial charge in [0.05, 0.1) is 23.6 Å². The maximum Gasteiger partial charge on any atom is 0.295 e. The van der Waals surface area contributed by atoms with Crippen molar-refractivity contribution in [2.75, 3.05) is 11.5 Å². The summed E-state index contributed by atoms with van der Waals surface area (Å²) in [6.07, 6.45) is 0. The van der Waals surface area contributed by atoms with Crippen molar-refractivity contribution in [1.29, 1.82) is 0 Å². The number of para-hydroxylation sites is 1. The fraction of sp³-hybridized carbons (Fsp3) is 0.120. The third-order valence-electron chi connectivity index (χ3n) is 5.37. The first-order chi connectivity index (χ1) is 15.1. The lowest BCUT2D eigenvalue weighted by Gasteiger charge is -2.25. The Balaban J connectivity index is 1.76. The third kappa shape index (κ3) is 3.24. The number of hydrogen-bond acceptors (Lipinski definition) is 4. The van der Waals surface area contributed by atoms with Gasteiger partial charge < -0.3 is 9.15 Å². The summed E-state index contributed by atoms with van der Waals surface area (Å²) in [7, 11) is 0. The van der Waals surface area contributed by atoms with Crippen LogP contribution in [0.5, 0.6) is 5.75 Å². The highest BCUT2D eigenvalue weighted by atomic mass is 79.9. The van der Waals surface area contributed by atoms with Crippen LogP contribution in [0.2, 0.25) is 0 Å². The average Bonchev–Trinajstić information content (AvgIpc) is 3.07. The van der Waals surface area contributed by atoms with Crippen LogP contribution in [0, 0.1) is 0 Å². The minimum Gasteiger partial charge on any atom is -0.494 e. The molecular weight excluding hydrogens is 458 g/mol. The van der Waals surface area contributed by atoms with E-state index in [1.807, 2.05) is 55.5 Å². The van der Waals surface area contributed by atoms with Crippen LogP contribution in [0.3, 0.4) is 0 Å². The number of hydrogen-bond donors (Lipinski definition) is 0. The number of nitrogens with zero attached hydrogens (tertiary/aromatic N) is 1. The van der Waals surface area contributed by atoms with Gasteiger partial charge in [-0.2, -0.15) is 0 Å². The predicted octanol–water partition coefficient (Wildman–Crippen LogP) is 5.70. The van der Waals surface area contributed by atoms with Crippen LogP contribution in [-0.2, 0) is 0 Å². The summed E-state index contributed by atoms with van der Waals surface area (Å²) >= 11 is 3.48. The van der Waals surface area contributed by atoms with E-state index in [0.717, 1.165) is 15.8 Å². The normalized spacial score (nSPS) is 15.4. The zero-order valence-corrected chi connectivity index (χ0v) is 18.3. The highest BCUT2D eigenvalue weighted by Crippen LogP contribution is 2.42. The van der Waals surface area contributed by atoms with Gasteiger partial charge in [-0.3, -0.25) is 14.5 Å². The quantitative estimate of drug-likeness (QED) is 0.379. The van der Waals surface area contributed by atoms with E-state index in [1.54, 1.807) is 29.2 Å². The van der Waals surface area contributed by atoms with Gasteiger partial charge in [-0.15, -0.1) is 0 Å². The Bertz CT molecular complexity index is 1360. The molecule has 1 amide bonds. The maximum atomic E-state index is 13.5. The summed E-state index contributed by atoms with van der Waals surface area (Å²) in [6, 6.07) is 21.3. The molecule has 1 atom stereocenters. The number of carbonyl (C=O) groups excluding carboxylic acids is 1. The highest BCUT2D eigenvalue weighted by molar-refractivity contribution is 9.10. The summed E-state index contributed by atoms with van der Waals surface area (Å²) in [4.78, 5) is 28.6. The van der Waals surface area contributed by atoms with Gasteiger partial charge in [0, 0.05) is 10.2 Å². The summed E-state index contributed by atoms with van der Waals surface area (Å²) in [5.41, 5.74) is 2.04. The Labute approximate surface area is 187 Å². The van der Waals surface area contributed by atoms with E-state index in [-0.39, 0.29) is 17.1 Å². The van der Waals surface area contributed by atoms with Crippen LogP contribution >= 0.6 is 15.9 Å². The van der Waals surface area contributed by atoms with Crippen molar-refractivity contribution in [2.45, 2.75) is 13.0 Å². The number of fused-ring (bicyclic) bond motifs is 2. The van der Waals surface area contributed by atoms with Crippen molar-refractivity contribution in [3.63, 3.8) is 0 Å². The standard InChI is InChI=1S/C25H18BrNO4/c1-2-30-18-12-10-15(11-13-18)22-21-23(28)19-8-3-4-9-20(19)31-24(21)25(29)27(22)17-7-5-6-16(26)14-17/h3-14,22H,2H2,1H3. The second-order valence-corrected chi connectivity index (χ2v) is 8.15. The van der Waals surface area contributed by atoms with E-state index in [0.29, 0.717) is 28.8 Å². The van der Waals surface area contributed by atoms with Gasteiger partial charge in [0.1, 0.15) is 11.3 Å². The number of rotatable bonds is 4. The number of amides is 1. The molecule has 1 aliphatic rings. The number of ether oxygens (including phenoxy) is 1. The van der Waals surface area contributed by atoms with Crippen molar-refractivity contribution in [2.24, 2.45) is 0 Å². The van der Waals surface area contributed by atoms with Crippen LogP contribution in [0.15, 0.2) is 86.5 Å². The molecule has 5 rings (SSSR count). The molecule has 6 heteroatoms. The molecule has 31 heavy (non-hydrogen) atoms. The molecule has 0 saturated heterocycles. The van der Waals surface area contributed by atoms with Crippen LogP contribution in [0.1, 0.15) is 34.6 Å². The minimum atomic E-state index is -0.603. The highest BCUT2D eigenvalue weighted by Gasteiger charge is 2.43. The fourth-order valence-corrected chi connectivity index (χ4v) is 4.43. The Morgan fingerprint density at radius 1 is 1.00 bits per heavy atom. The maximum absolute atomic E-state index is 13.5. The van der Waals surface area contributed by atoms with Gasteiger partial charge in [0.2, 0.25) is 5.76 Å². The molecule has 0 N–H and O–H groups in total. The number of benzene rings is 3. The number of anilines is 1. The SMILES string of the molecule is CCOc1ccc(C2c3c(oc4ccccc4c3=O)C(=O)N2c2cccc(Br)c2)cc1. The molecule has 0 radical (unpaired) electrons. The second-order valence-electron chi connectivity index (χ2n) is 7.23. The zero-order valence-electron chi connectivity index (χ0n) is 16.7. The Kier molecular flexibility index (Phi) is 4.87. The van der Waals surface area contributed by atoms with E-state index >= 15 is 0 Å². The molecule has 0 aliphatic carbocycles. The van der Waals surface area contributed by atoms with Crippen LogP contribution in [0.25, 0.3) is 11.0 Å². The molecule has 1 unspecified atom stereocenters. The second kappa shape index (κ2) is 7.71. The molecule has 1 aliphatic heterocycles. The van der Waals surface area contributed by atoms with Gasteiger partial charge in [-0.05, 0) is 55.0 Å². The molecule has 0 saturated carbocycles. The van der Waals surface area contributed by atoms with Crippen molar-refractivity contribution < 1.29 is 13.9 Å². The van der Waals surface area contributed by atoms with Crippen LogP contribution in [0.4, 0.5) is 5.69 Å². The molecule has 1 aromatic heterocycles. The third-order valence-corrected chi connectivity index (χ3v) is 5.86. The lowest BCUT2D eigenvalue weighted by atomic mass is 9.98. The topological polar surface area (TPSA) is 59.8 Å². The van der Waals surface area contributed by atoms with Gasteiger partial charge in [0.25, 0.3) is 5.91 Å². The molecule has 5 nitrogen and oxygen atoms in total. The lowest BCUT2D eigenvalue weighted by Crippen LogP contribution is -2.29.